The van der Waals surface area contributed by atoms with E-state index in [1.165, 1.54) is 6.07 Å². The van der Waals surface area contributed by atoms with Crippen LogP contribution in [-0.4, -0.2) is 0 Å². The average Bonchev–Trinajstić information content (AvgIpc) is 2.48. The van der Waals surface area contributed by atoms with Crippen LogP contribution in [0.15, 0.2) is 65.1 Å². The molecule has 0 saturated heterocycles. The summed E-state index contributed by atoms with van der Waals surface area (Å²) in [5.41, 5.74) is 0.549. The van der Waals surface area contributed by atoms with Gasteiger partial charge < -0.3 is 4.74 Å². The second-order valence-corrected chi connectivity index (χ2v) is 5.27. The second kappa shape index (κ2) is 5.63. The largest absolute Gasteiger partial charge is 0.488 e. The van der Waals surface area contributed by atoms with Gasteiger partial charge in [0.15, 0.2) is 0 Å². The van der Waals surface area contributed by atoms with Gasteiger partial charge in [-0.25, -0.2) is 4.39 Å². The van der Waals surface area contributed by atoms with E-state index in [2.05, 4.69) is 15.9 Å². The lowest BCUT2D eigenvalue weighted by molar-refractivity contribution is 0.298. The van der Waals surface area contributed by atoms with Crippen molar-refractivity contribution in [3.05, 3.63) is 76.5 Å². The highest BCUT2D eigenvalue weighted by Crippen LogP contribution is 2.33. The lowest BCUT2D eigenvalue weighted by Crippen LogP contribution is -1.98. The molecule has 0 unspecified atom stereocenters. The van der Waals surface area contributed by atoms with Gasteiger partial charge in [0.1, 0.15) is 18.2 Å². The topological polar surface area (TPSA) is 9.23 Å². The van der Waals surface area contributed by atoms with Gasteiger partial charge in [0.2, 0.25) is 0 Å². The van der Waals surface area contributed by atoms with Crippen LogP contribution in [0.25, 0.3) is 10.8 Å². The van der Waals surface area contributed by atoms with Crippen LogP contribution in [0.5, 0.6) is 5.75 Å². The molecule has 100 valence electrons. The Morgan fingerprint density at radius 1 is 0.900 bits per heavy atom. The molecule has 0 bridgehead atoms. The van der Waals surface area contributed by atoms with E-state index in [0.29, 0.717) is 11.3 Å². The van der Waals surface area contributed by atoms with Crippen molar-refractivity contribution in [2.24, 2.45) is 0 Å². The highest BCUT2D eigenvalue weighted by atomic mass is 79.9. The summed E-state index contributed by atoms with van der Waals surface area (Å²) in [6.07, 6.45) is 0. The van der Waals surface area contributed by atoms with E-state index in [0.717, 1.165) is 15.2 Å². The Morgan fingerprint density at radius 3 is 2.50 bits per heavy atom. The lowest BCUT2D eigenvalue weighted by atomic mass is 10.1. The van der Waals surface area contributed by atoms with Gasteiger partial charge in [0.25, 0.3) is 0 Å². The predicted molar refractivity (Wildman–Crippen MR) is 82.4 cm³/mol. The molecule has 3 rings (SSSR count). The van der Waals surface area contributed by atoms with Crippen molar-refractivity contribution in [1.29, 1.82) is 0 Å². The Hall–Kier alpha value is -1.87. The van der Waals surface area contributed by atoms with Gasteiger partial charge in [-0.15, -0.1) is 0 Å². The molecule has 0 radical (unpaired) electrons. The summed E-state index contributed by atoms with van der Waals surface area (Å²) in [5.74, 6) is 0.469. The molecule has 0 aliphatic carbocycles. The molecular formula is C17H12BrFO. The van der Waals surface area contributed by atoms with Gasteiger partial charge in [-0.2, -0.15) is 0 Å². The maximum absolute atomic E-state index is 13.6. The third-order valence-electron chi connectivity index (χ3n) is 3.17. The van der Waals surface area contributed by atoms with E-state index in [9.17, 15) is 4.39 Å². The zero-order valence-corrected chi connectivity index (χ0v) is 12.2. The van der Waals surface area contributed by atoms with Crippen LogP contribution in [0.1, 0.15) is 5.56 Å². The van der Waals surface area contributed by atoms with E-state index in [1.54, 1.807) is 18.2 Å². The summed E-state index contributed by atoms with van der Waals surface area (Å²) in [6.45, 7) is 0.212. The van der Waals surface area contributed by atoms with Gasteiger partial charge in [-0.05, 0) is 38.8 Å². The maximum Gasteiger partial charge on any atom is 0.134 e. The lowest BCUT2D eigenvalue weighted by Gasteiger charge is -2.11. The molecule has 0 fully saturated rings. The second-order valence-electron chi connectivity index (χ2n) is 4.48. The van der Waals surface area contributed by atoms with Gasteiger partial charge in [0.05, 0.1) is 4.47 Å². The number of hydrogen-bond donors (Lipinski definition) is 0. The van der Waals surface area contributed by atoms with Gasteiger partial charge >= 0.3 is 0 Å². The van der Waals surface area contributed by atoms with Crippen LogP contribution in [0.4, 0.5) is 4.39 Å². The molecule has 0 N–H and O–H groups in total. The standard InChI is InChI=1S/C17H12BrFO/c18-17-14-7-3-1-5-12(14)9-10-16(17)20-11-13-6-2-4-8-15(13)19/h1-10H,11H2. The van der Waals surface area contributed by atoms with Gasteiger partial charge in [-0.3, -0.25) is 0 Å². The fourth-order valence-electron chi connectivity index (χ4n) is 2.10. The van der Waals surface area contributed by atoms with Crippen molar-refractivity contribution < 1.29 is 9.13 Å². The van der Waals surface area contributed by atoms with E-state index >= 15 is 0 Å². The first-order valence-corrected chi connectivity index (χ1v) is 7.08. The number of rotatable bonds is 3. The molecule has 0 heterocycles. The molecule has 0 amide bonds. The monoisotopic (exact) mass is 330 g/mol. The van der Waals surface area contributed by atoms with Crippen LogP contribution in [0, 0.1) is 5.82 Å². The fourth-order valence-corrected chi connectivity index (χ4v) is 2.70. The van der Waals surface area contributed by atoms with Crippen LogP contribution < -0.4 is 4.74 Å². The zero-order chi connectivity index (χ0) is 13.9. The number of hydrogen-bond acceptors (Lipinski definition) is 1. The van der Waals surface area contributed by atoms with E-state index in [1.807, 2.05) is 36.4 Å². The van der Waals surface area contributed by atoms with Crippen molar-refractivity contribution in [3.63, 3.8) is 0 Å². The molecule has 3 aromatic rings. The molecule has 0 aliphatic rings. The summed E-state index contributed by atoms with van der Waals surface area (Å²) in [6, 6.07) is 18.6. The van der Waals surface area contributed by atoms with Crippen molar-refractivity contribution in [3.8, 4) is 5.75 Å². The van der Waals surface area contributed by atoms with Crippen molar-refractivity contribution in [2.75, 3.05) is 0 Å². The SMILES string of the molecule is Fc1ccccc1COc1ccc2ccccc2c1Br. The zero-order valence-electron chi connectivity index (χ0n) is 10.6. The van der Waals surface area contributed by atoms with Crippen LogP contribution in [-0.2, 0) is 6.61 Å². The summed E-state index contributed by atoms with van der Waals surface area (Å²) in [4.78, 5) is 0. The molecule has 0 atom stereocenters. The molecule has 1 nitrogen and oxygen atoms in total. The Morgan fingerprint density at radius 2 is 1.65 bits per heavy atom. The van der Waals surface area contributed by atoms with Crippen molar-refractivity contribution in [1.82, 2.24) is 0 Å². The minimum atomic E-state index is -0.246. The first-order valence-electron chi connectivity index (χ1n) is 6.29. The van der Waals surface area contributed by atoms with Crippen LogP contribution in [0.2, 0.25) is 0 Å². The maximum atomic E-state index is 13.6. The molecule has 3 heteroatoms. The van der Waals surface area contributed by atoms with Gasteiger partial charge in [-0.1, -0.05) is 48.5 Å². The third kappa shape index (κ3) is 2.54. The average molecular weight is 331 g/mol. The molecule has 0 aliphatic heterocycles. The first-order chi connectivity index (χ1) is 9.75. The van der Waals surface area contributed by atoms with E-state index in [4.69, 9.17) is 4.74 Å². The van der Waals surface area contributed by atoms with Crippen LogP contribution >= 0.6 is 15.9 Å². The minimum Gasteiger partial charge on any atom is -0.488 e. The Kier molecular flexibility index (Phi) is 3.70. The Balaban J connectivity index is 1.88. The summed E-state index contributed by atoms with van der Waals surface area (Å²) < 4.78 is 20.2. The number of fused-ring (bicyclic) bond motifs is 1. The highest BCUT2D eigenvalue weighted by molar-refractivity contribution is 9.10. The quantitative estimate of drug-likeness (QED) is 0.631. The number of halogens is 2. The van der Waals surface area contributed by atoms with Gasteiger partial charge in [0, 0.05) is 5.56 Å². The highest BCUT2D eigenvalue weighted by Gasteiger charge is 2.07. The number of ether oxygens (including phenoxy) is 1. The molecule has 0 spiro atoms. The van der Waals surface area contributed by atoms with Crippen molar-refractivity contribution >= 4 is 26.7 Å². The minimum absolute atomic E-state index is 0.212. The molecule has 3 aromatic carbocycles. The summed E-state index contributed by atoms with van der Waals surface area (Å²) in [5, 5.41) is 2.22. The first kappa shape index (κ1) is 13.1. The molecule has 0 aromatic heterocycles. The predicted octanol–water partition coefficient (Wildman–Crippen LogP) is 5.32. The fraction of sp³-hybridized carbons (Fsp3) is 0.0588. The summed E-state index contributed by atoms with van der Waals surface area (Å²) in [7, 11) is 0. The smallest absolute Gasteiger partial charge is 0.134 e. The van der Waals surface area contributed by atoms with E-state index < -0.39 is 0 Å². The summed E-state index contributed by atoms with van der Waals surface area (Å²) >= 11 is 3.56. The Labute approximate surface area is 125 Å². The Bertz CT molecular complexity index is 755. The van der Waals surface area contributed by atoms with Crippen molar-refractivity contribution in [2.45, 2.75) is 6.61 Å². The molecule has 0 saturated carbocycles. The number of benzene rings is 3. The molecule has 20 heavy (non-hydrogen) atoms. The normalized spacial score (nSPS) is 10.7. The van der Waals surface area contributed by atoms with Crippen LogP contribution in [0.3, 0.4) is 0 Å². The third-order valence-corrected chi connectivity index (χ3v) is 3.99. The molecular weight excluding hydrogens is 319 g/mol. The van der Waals surface area contributed by atoms with E-state index in [-0.39, 0.29) is 12.4 Å².